The summed E-state index contributed by atoms with van der Waals surface area (Å²) in [7, 11) is 0. The van der Waals surface area contributed by atoms with Crippen LogP contribution in [0.3, 0.4) is 0 Å². The van der Waals surface area contributed by atoms with Gasteiger partial charge in [0, 0.05) is 0 Å². The molecule has 3 atom stereocenters. The van der Waals surface area contributed by atoms with Crippen LogP contribution in [0.4, 0.5) is 0 Å². The molecule has 2 rings (SSSR count). The topological polar surface area (TPSA) is 12.0 Å². The van der Waals surface area contributed by atoms with Crippen LogP contribution in [0.2, 0.25) is 0 Å². The van der Waals surface area contributed by atoms with Crippen molar-refractivity contribution in [3.8, 4) is 0 Å². The lowest BCUT2D eigenvalue weighted by Gasteiger charge is -2.43. The summed E-state index contributed by atoms with van der Waals surface area (Å²) in [6, 6.07) is 0. The molecule has 0 spiro atoms. The van der Waals surface area contributed by atoms with E-state index >= 15 is 0 Å². The number of hydrogen-bond acceptors (Lipinski definition) is 1. The van der Waals surface area contributed by atoms with Crippen LogP contribution < -0.4 is 5.32 Å². The fraction of sp³-hybridized carbons (Fsp3) is 1.00. The van der Waals surface area contributed by atoms with Gasteiger partial charge in [0.2, 0.25) is 0 Å². The summed E-state index contributed by atoms with van der Waals surface area (Å²) in [5.41, 5.74) is 0. The molecule has 0 aromatic rings. The average molecular weight is 280 g/mol. The van der Waals surface area contributed by atoms with Crippen LogP contribution in [-0.2, 0) is 0 Å². The van der Waals surface area contributed by atoms with E-state index in [9.17, 15) is 0 Å². The number of nitrogens with one attached hydrogen (secondary N) is 1. The number of hydrogen-bond donors (Lipinski definition) is 1. The maximum atomic E-state index is 3.64. The standard InChI is InChI=1S/C19H37N/c1-4-6-16-9-12-18(14-20-5-2)19(13-16)17-10-7-15(3)8-11-17/h15-20H,4-14H2,1-3H3. The highest BCUT2D eigenvalue weighted by Gasteiger charge is 2.36. The Morgan fingerprint density at radius 2 is 1.70 bits per heavy atom. The van der Waals surface area contributed by atoms with Gasteiger partial charge in [-0.25, -0.2) is 0 Å². The molecule has 1 N–H and O–H groups in total. The van der Waals surface area contributed by atoms with E-state index in [0.29, 0.717) is 0 Å². The second-order valence-electron chi connectivity index (χ2n) is 7.72. The minimum atomic E-state index is 0.974. The van der Waals surface area contributed by atoms with Gasteiger partial charge in [-0.2, -0.15) is 0 Å². The van der Waals surface area contributed by atoms with Gasteiger partial charge < -0.3 is 5.32 Å². The van der Waals surface area contributed by atoms with Gasteiger partial charge in [0.25, 0.3) is 0 Å². The number of rotatable bonds is 6. The maximum absolute atomic E-state index is 3.64. The van der Waals surface area contributed by atoms with Crippen molar-refractivity contribution in [2.75, 3.05) is 13.1 Å². The summed E-state index contributed by atoms with van der Waals surface area (Å²) in [5.74, 6) is 5.10. The van der Waals surface area contributed by atoms with Gasteiger partial charge in [-0.15, -0.1) is 0 Å². The third kappa shape index (κ3) is 4.48. The van der Waals surface area contributed by atoms with E-state index in [1.54, 1.807) is 6.42 Å². The Morgan fingerprint density at radius 1 is 0.950 bits per heavy atom. The first-order chi connectivity index (χ1) is 9.74. The van der Waals surface area contributed by atoms with Gasteiger partial charge in [0.1, 0.15) is 0 Å². The molecule has 0 bridgehead atoms. The minimum absolute atomic E-state index is 0.974. The van der Waals surface area contributed by atoms with E-state index in [0.717, 1.165) is 36.1 Å². The molecule has 2 saturated carbocycles. The highest BCUT2D eigenvalue weighted by Crippen LogP contribution is 2.45. The summed E-state index contributed by atoms with van der Waals surface area (Å²) in [6.45, 7) is 9.49. The Bertz CT molecular complexity index is 250. The Hall–Kier alpha value is -0.0400. The molecule has 3 unspecified atom stereocenters. The van der Waals surface area contributed by atoms with Crippen LogP contribution in [0.1, 0.15) is 78.6 Å². The molecular formula is C19H37N. The lowest BCUT2D eigenvalue weighted by atomic mass is 9.63. The molecule has 0 heterocycles. The molecule has 0 saturated heterocycles. The lowest BCUT2D eigenvalue weighted by Crippen LogP contribution is -2.38. The molecule has 2 aliphatic rings. The molecule has 0 aromatic heterocycles. The third-order valence-corrected chi connectivity index (χ3v) is 6.18. The molecule has 2 aliphatic carbocycles. The molecule has 1 nitrogen and oxygen atoms in total. The summed E-state index contributed by atoms with van der Waals surface area (Å²) in [6.07, 6.45) is 13.4. The molecule has 2 fully saturated rings. The Balaban J connectivity index is 1.93. The van der Waals surface area contributed by atoms with E-state index in [4.69, 9.17) is 0 Å². The Labute approximate surface area is 127 Å². The largest absolute Gasteiger partial charge is 0.317 e. The zero-order valence-electron chi connectivity index (χ0n) is 14.2. The molecule has 1 heteroatoms. The first-order valence-electron chi connectivity index (χ1n) is 9.45. The zero-order valence-corrected chi connectivity index (χ0v) is 14.2. The monoisotopic (exact) mass is 279 g/mol. The van der Waals surface area contributed by atoms with Crippen LogP contribution in [0.25, 0.3) is 0 Å². The summed E-state index contributed by atoms with van der Waals surface area (Å²) < 4.78 is 0. The van der Waals surface area contributed by atoms with Crippen LogP contribution in [0, 0.1) is 29.6 Å². The molecular weight excluding hydrogens is 242 g/mol. The van der Waals surface area contributed by atoms with Crippen molar-refractivity contribution in [3.05, 3.63) is 0 Å². The van der Waals surface area contributed by atoms with E-state index in [1.165, 1.54) is 57.9 Å². The van der Waals surface area contributed by atoms with Gasteiger partial charge in [0.15, 0.2) is 0 Å². The predicted octanol–water partition coefficient (Wildman–Crippen LogP) is 5.25. The minimum Gasteiger partial charge on any atom is -0.317 e. The van der Waals surface area contributed by atoms with Crippen molar-refractivity contribution >= 4 is 0 Å². The molecule has 0 radical (unpaired) electrons. The van der Waals surface area contributed by atoms with Gasteiger partial charge in [-0.3, -0.25) is 0 Å². The van der Waals surface area contributed by atoms with Crippen molar-refractivity contribution in [1.82, 2.24) is 5.32 Å². The van der Waals surface area contributed by atoms with Crippen LogP contribution >= 0.6 is 0 Å². The van der Waals surface area contributed by atoms with Crippen molar-refractivity contribution in [2.24, 2.45) is 29.6 Å². The second kappa shape index (κ2) is 8.41. The van der Waals surface area contributed by atoms with Crippen molar-refractivity contribution < 1.29 is 0 Å². The smallest absolute Gasteiger partial charge is 0.00179 e. The molecule has 20 heavy (non-hydrogen) atoms. The van der Waals surface area contributed by atoms with Crippen LogP contribution in [0.5, 0.6) is 0 Å². The summed E-state index contributed by atoms with van der Waals surface area (Å²) in [4.78, 5) is 0. The lowest BCUT2D eigenvalue weighted by molar-refractivity contribution is 0.0833. The Kier molecular flexibility index (Phi) is 6.87. The van der Waals surface area contributed by atoms with Crippen molar-refractivity contribution in [2.45, 2.75) is 78.6 Å². The van der Waals surface area contributed by atoms with E-state index < -0.39 is 0 Å². The van der Waals surface area contributed by atoms with Gasteiger partial charge in [-0.05, 0) is 68.4 Å². The van der Waals surface area contributed by atoms with E-state index in [2.05, 4.69) is 26.1 Å². The fourth-order valence-electron chi connectivity index (χ4n) is 4.90. The van der Waals surface area contributed by atoms with Crippen molar-refractivity contribution in [1.29, 1.82) is 0 Å². The predicted molar refractivity (Wildman–Crippen MR) is 88.9 cm³/mol. The Morgan fingerprint density at radius 3 is 2.35 bits per heavy atom. The molecule has 0 amide bonds. The highest BCUT2D eigenvalue weighted by atomic mass is 14.8. The van der Waals surface area contributed by atoms with Gasteiger partial charge in [0.05, 0.1) is 0 Å². The highest BCUT2D eigenvalue weighted by molar-refractivity contribution is 4.87. The van der Waals surface area contributed by atoms with Gasteiger partial charge >= 0.3 is 0 Å². The second-order valence-corrected chi connectivity index (χ2v) is 7.72. The summed E-state index contributed by atoms with van der Waals surface area (Å²) in [5, 5.41) is 3.64. The quantitative estimate of drug-likeness (QED) is 0.700. The SMILES string of the molecule is CCCC1CCC(CNCC)C(C2CCC(C)CC2)C1. The maximum Gasteiger partial charge on any atom is -0.00179 e. The normalized spacial score (nSPS) is 38.9. The van der Waals surface area contributed by atoms with Gasteiger partial charge in [-0.1, -0.05) is 52.9 Å². The van der Waals surface area contributed by atoms with E-state index in [1.807, 2.05) is 0 Å². The zero-order chi connectivity index (χ0) is 14.4. The molecule has 0 aromatic carbocycles. The molecule has 0 aliphatic heterocycles. The molecule has 118 valence electrons. The third-order valence-electron chi connectivity index (χ3n) is 6.18. The first kappa shape index (κ1) is 16.3. The van der Waals surface area contributed by atoms with Crippen LogP contribution in [-0.4, -0.2) is 13.1 Å². The average Bonchev–Trinajstić information content (AvgIpc) is 2.47. The van der Waals surface area contributed by atoms with Crippen LogP contribution in [0.15, 0.2) is 0 Å². The van der Waals surface area contributed by atoms with Crippen molar-refractivity contribution in [3.63, 3.8) is 0 Å². The first-order valence-corrected chi connectivity index (χ1v) is 9.45. The fourth-order valence-corrected chi connectivity index (χ4v) is 4.90. The van der Waals surface area contributed by atoms with E-state index in [-0.39, 0.29) is 0 Å². The summed E-state index contributed by atoms with van der Waals surface area (Å²) >= 11 is 0.